The zero-order valence-electron chi connectivity index (χ0n) is 19.0. The Hall–Kier alpha value is -2.75. The first kappa shape index (κ1) is 19.9. The third kappa shape index (κ3) is 2.92. The average Bonchev–Trinajstić information content (AvgIpc) is 3.27. The van der Waals surface area contributed by atoms with Gasteiger partial charge in [-0.05, 0) is 76.9 Å². The van der Waals surface area contributed by atoms with E-state index in [1.807, 2.05) is 28.9 Å². The lowest BCUT2D eigenvalue weighted by molar-refractivity contribution is 0.596. The quantitative estimate of drug-likeness (QED) is 0.243. The molecule has 0 aliphatic heterocycles. The molecule has 3 aromatic carbocycles. The summed E-state index contributed by atoms with van der Waals surface area (Å²) in [5.41, 5.74) is 5.14. The third-order valence-electron chi connectivity index (χ3n) is 6.63. The van der Waals surface area contributed by atoms with Crippen LogP contribution in [0.3, 0.4) is 0 Å². The molecule has 0 saturated heterocycles. The summed E-state index contributed by atoms with van der Waals surface area (Å²) in [6.07, 6.45) is 1.98. The molecule has 0 bridgehead atoms. The Kier molecular flexibility index (Phi) is 4.27. The van der Waals surface area contributed by atoms with Crippen molar-refractivity contribution in [2.24, 2.45) is 0 Å². The summed E-state index contributed by atoms with van der Waals surface area (Å²) in [7, 11) is 0. The van der Waals surface area contributed by atoms with E-state index in [0.29, 0.717) is 0 Å². The van der Waals surface area contributed by atoms with Gasteiger partial charge in [-0.2, -0.15) is 0 Å². The predicted octanol–water partition coefficient (Wildman–Crippen LogP) is 9.40. The lowest BCUT2D eigenvalue weighted by atomic mass is 9.82. The molecule has 3 heterocycles. The van der Waals surface area contributed by atoms with E-state index < -0.39 is 0 Å². The smallest absolute Gasteiger partial charge is 0.0880 e. The minimum absolute atomic E-state index is 0.0590. The Labute approximate surface area is 196 Å². The van der Waals surface area contributed by atoms with Crippen molar-refractivity contribution in [1.82, 2.24) is 4.98 Å². The average molecular weight is 452 g/mol. The van der Waals surface area contributed by atoms with Crippen LogP contribution in [0.5, 0.6) is 0 Å². The van der Waals surface area contributed by atoms with Crippen molar-refractivity contribution in [3.8, 4) is 11.3 Å². The van der Waals surface area contributed by atoms with E-state index >= 15 is 0 Å². The summed E-state index contributed by atoms with van der Waals surface area (Å²) in [5, 5.41) is 6.66. The molecule has 0 atom stereocenters. The van der Waals surface area contributed by atoms with Crippen molar-refractivity contribution in [2.75, 3.05) is 0 Å². The summed E-state index contributed by atoms with van der Waals surface area (Å²) >= 11 is 3.78. The molecule has 0 saturated carbocycles. The van der Waals surface area contributed by atoms with Crippen LogP contribution in [-0.4, -0.2) is 4.98 Å². The number of pyridine rings is 1. The molecule has 0 N–H and O–H groups in total. The molecule has 0 aliphatic rings. The van der Waals surface area contributed by atoms with Crippen LogP contribution in [0.2, 0.25) is 0 Å². The summed E-state index contributed by atoms with van der Waals surface area (Å²) in [4.78, 5) is 6.32. The minimum Gasteiger partial charge on any atom is -0.255 e. The molecule has 0 unspecified atom stereocenters. The number of hydrogen-bond acceptors (Lipinski definition) is 3. The standard InChI is InChI=1S/C29H25NS2/c1-16-17(2)31-25-15-23-21-10-11-30-27(28(21)32-26(23)14-22(16)25)19-12-18-8-6-7-9-20(18)24(13-19)29(3,4)5/h6-15H,1-5H3. The van der Waals surface area contributed by atoms with Gasteiger partial charge in [-0.25, -0.2) is 0 Å². The highest BCUT2D eigenvalue weighted by Gasteiger charge is 2.20. The normalized spacial score (nSPS) is 12.5. The van der Waals surface area contributed by atoms with E-state index in [1.165, 1.54) is 62.6 Å². The molecule has 0 amide bonds. The first-order chi connectivity index (χ1) is 15.3. The second-order valence-corrected chi connectivity index (χ2v) is 12.1. The van der Waals surface area contributed by atoms with E-state index in [4.69, 9.17) is 4.98 Å². The van der Waals surface area contributed by atoms with Crippen LogP contribution in [0.25, 0.3) is 52.3 Å². The second-order valence-electron chi connectivity index (χ2n) is 9.76. The van der Waals surface area contributed by atoms with Gasteiger partial charge in [0.1, 0.15) is 0 Å². The fourth-order valence-electron chi connectivity index (χ4n) is 4.81. The van der Waals surface area contributed by atoms with Gasteiger partial charge in [0.15, 0.2) is 0 Å². The first-order valence-corrected chi connectivity index (χ1v) is 12.7. The van der Waals surface area contributed by atoms with Crippen molar-refractivity contribution >= 4 is 63.7 Å². The molecular weight excluding hydrogens is 426 g/mol. The summed E-state index contributed by atoms with van der Waals surface area (Å²) < 4.78 is 4.01. The minimum atomic E-state index is 0.0590. The maximum Gasteiger partial charge on any atom is 0.0880 e. The lowest BCUT2D eigenvalue weighted by Gasteiger charge is -2.22. The number of benzene rings is 3. The monoisotopic (exact) mass is 451 g/mol. The van der Waals surface area contributed by atoms with Crippen LogP contribution >= 0.6 is 22.7 Å². The topological polar surface area (TPSA) is 12.9 Å². The van der Waals surface area contributed by atoms with Crippen LogP contribution in [-0.2, 0) is 5.41 Å². The Morgan fingerprint density at radius 3 is 2.31 bits per heavy atom. The number of aryl methyl sites for hydroxylation is 2. The Bertz CT molecular complexity index is 1680. The van der Waals surface area contributed by atoms with Gasteiger partial charge in [0.05, 0.1) is 10.4 Å². The molecule has 0 radical (unpaired) electrons. The number of hydrogen-bond donors (Lipinski definition) is 0. The Balaban J connectivity index is 1.67. The van der Waals surface area contributed by atoms with Gasteiger partial charge >= 0.3 is 0 Å². The number of nitrogens with zero attached hydrogens (tertiary/aromatic N) is 1. The molecule has 1 nitrogen and oxygen atoms in total. The highest BCUT2D eigenvalue weighted by atomic mass is 32.1. The van der Waals surface area contributed by atoms with Gasteiger partial charge in [-0.15, -0.1) is 22.7 Å². The second kappa shape index (κ2) is 6.87. The van der Waals surface area contributed by atoms with Crippen molar-refractivity contribution in [3.05, 3.63) is 76.8 Å². The number of aromatic nitrogens is 1. The molecule has 3 aromatic heterocycles. The van der Waals surface area contributed by atoms with Gasteiger partial charge in [0.25, 0.3) is 0 Å². The van der Waals surface area contributed by atoms with Gasteiger partial charge in [0.2, 0.25) is 0 Å². The van der Waals surface area contributed by atoms with Crippen molar-refractivity contribution < 1.29 is 0 Å². The molecule has 0 aliphatic carbocycles. The summed E-state index contributed by atoms with van der Waals surface area (Å²) in [6.45, 7) is 11.3. The molecule has 3 heteroatoms. The van der Waals surface area contributed by atoms with Crippen LogP contribution < -0.4 is 0 Å². The van der Waals surface area contributed by atoms with Crippen LogP contribution in [0.4, 0.5) is 0 Å². The first-order valence-electron chi connectivity index (χ1n) is 11.1. The van der Waals surface area contributed by atoms with Gasteiger partial charge < -0.3 is 0 Å². The Morgan fingerprint density at radius 1 is 0.750 bits per heavy atom. The fraction of sp³-hybridized carbons (Fsp3) is 0.207. The van der Waals surface area contributed by atoms with Crippen LogP contribution in [0.15, 0.2) is 60.8 Å². The molecule has 0 spiro atoms. The van der Waals surface area contributed by atoms with Crippen LogP contribution in [0, 0.1) is 13.8 Å². The molecule has 6 rings (SSSR count). The number of thiophene rings is 2. The van der Waals surface area contributed by atoms with E-state index in [2.05, 4.69) is 89.2 Å². The maximum atomic E-state index is 4.90. The van der Waals surface area contributed by atoms with E-state index in [-0.39, 0.29) is 5.41 Å². The van der Waals surface area contributed by atoms with Gasteiger partial charge in [-0.3, -0.25) is 4.98 Å². The molecular formula is C29H25NS2. The molecule has 158 valence electrons. The van der Waals surface area contributed by atoms with E-state index in [0.717, 1.165) is 5.69 Å². The zero-order valence-corrected chi connectivity index (χ0v) is 20.7. The summed E-state index contributed by atoms with van der Waals surface area (Å²) in [5.74, 6) is 0. The van der Waals surface area contributed by atoms with E-state index in [9.17, 15) is 0 Å². The Morgan fingerprint density at radius 2 is 1.50 bits per heavy atom. The van der Waals surface area contributed by atoms with Crippen LogP contribution in [0.1, 0.15) is 36.8 Å². The predicted molar refractivity (Wildman–Crippen MR) is 144 cm³/mol. The van der Waals surface area contributed by atoms with E-state index in [1.54, 1.807) is 0 Å². The number of rotatable bonds is 1. The molecule has 0 fully saturated rings. The highest BCUT2D eigenvalue weighted by molar-refractivity contribution is 7.26. The van der Waals surface area contributed by atoms with Crippen molar-refractivity contribution in [3.63, 3.8) is 0 Å². The van der Waals surface area contributed by atoms with Gasteiger partial charge in [0, 0.05) is 36.8 Å². The zero-order chi connectivity index (χ0) is 22.2. The highest BCUT2D eigenvalue weighted by Crippen LogP contribution is 2.44. The van der Waals surface area contributed by atoms with Crippen molar-refractivity contribution in [2.45, 2.75) is 40.0 Å². The fourth-order valence-corrected chi connectivity index (χ4v) is 7.13. The molecule has 6 aromatic rings. The van der Waals surface area contributed by atoms with Gasteiger partial charge in [-0.1, -0.05) is 45.0 Å². The maximum absolute atomic E-state index is 4.90. The number of fused-ring (bicyclic) bond motifs is 5. The third-order valence-corrected chi connectivity index (χ3v) is 8.97. The molecule has 32 heavy (non-hydrogen) atoms. The van der Waals surface area contributed by atoms with Crippen molar-refractivity contribution in [1.29, 1.82) is 0 Å². The summed E-state index contributed by atoms with van der Waals surface area (Å²) in [6, 6.07) is 20.4. The largest absolute Gasteiger partial charge is 0.255 e. The SMILES string of the molecule is Cc1sc2cc3c(cc2c1C)sc1c(-c2cc(C(C)(C)C)c4ccccc4c2)nccc13. The lowest BCUT2D eigenvalue weighted by Crippen LogP contribution is -2.12.